The lowest BCUT2D eigenvalue weighted by Crippen LogP contribution is -2.36. The lowest BCUT2D eigenvalue weighted by atomic mass is 10.1. The van der Waals surface area contributed by atoms with E-state index in [0.717, 1.165) is 23.2 Å². The van der Waals surface area contributed by atoms with E-state index in [9.17, 15) is 9.59 Å². The maximum absolute atomic E-state index is 12.1. The summed E-state index contributed by atoms with van der Waals surface area (Å²) >= 11 is 0. The molecule has 0 aliphatic carbocycles. The molecule has 4 N–H and O–H groups in total. The number of pyridine rings is 1. The molecule has 0 unspecified atom stereocenters. The molecule has 1 amide bonds. The third-order valence-corrected chi connectivity index (χ3v) is 5.79. The van der Waals surface area contributed by atoms with Gasteiger partial charge in [-0.1, -0.05) is 66.7 Å². The number of nitrogens with one attached hydrogen (secondary N) is 1. The van der Waals surface area contributed by atoms with Crippen molar-refractivity contribution < 1.29 is 19.3 Å². The summed E-state index contributed by atoms with van der Waals surface area (Å²) in [4.78, 5) is 22.8. The zero-order valence-corrected chi connectivity index (χ0v) is 19.3. The van der Waals surface area contributed by atoms with Gasteiger partial charge < -0.3 is 16.2 Å². The molecule has 0 spiro atoms. The van der Waals surface area contributed by atoms with E-state index < -0.39 is 17.9 Å². The predicted molar refractivity (Wildman–Crippen MR) is 139 cm³/mol. The van der Waals surface area contributed by atoms with Crippen molar-refractivity contribution in [1.82, 2.24) is 0 Å². The van der Waals surface area contributed by atoms with Crippen molar-refractivity contribution in [2.24, 2.45) is 5.73 Å². The summed E-state index contributed by atoms with van der Waals surface area (Å²) < 4.78 is 2.25. The number of nitrogens with two attached hydrogens (primary N) is 1. The highest BCUT2D eigenvalue weighted by atomic mass is 16.4. The second-order valence-corrected chi connectivity index (χ2v) is 8.39. The highest BCUT2D eigenvalue weighted by Crippen LogP contribution is 2.19. The first kappa shape index (κ1) is 23.9. The Morgan fingerprint density at radius 3 is 2.37 bits per heavy atom. The summed E-state index contributed by atoms with van der Waals surface area (Å²) in [7, 11) is 0. The number of aromatic nitrogens is 1. The Kier molecular flexibility index (Phi) is 7.65. The zero-order valence-electron chi connectivity index (χ0n) is 19.3. The minimum Gasteiger partial charge on any atom is -0.481 e. The molecule has 1 aromatic heterocycles. The molecule has 35 heavy (non-hydrogen) atoms. The minimum absolute atomic E-state index is 0.0956. The van der Waals surface area contributed by atoms with Crippen LogP contribution < -0.4 is 15.6 Å². The zero-order chi connectivity index (χ0) is 24.6. The number of aliphatic carboxylic acids is 1. The molecule has 4 aromatic rings. The Hall–Kier alpha value is -4.29. The van der Waals surface area contributed by atoms with Gasteiger partial charge in [0.15, 0.2) is 12.7 Å². The fourth-order valence-electron chi connectivity index (χ4n) is 3.88. The molecule has 0 radical (unpaired) electrons. The standard InChI is InChI=1S/C29H27N3O3/c30-26(16-17-28(33)34)29(35)31-24-14-11-21(12-15-24)10-13-23-18-19-32(20-22-6-2-1-3-7-22)27-9-5-4-8-25(23)27/h1-15,18-19,26H,16-17,20,30H2,(H,33,34)/p+1/t26-/m0/s1. The van der Waals surface area contributed by atoms with Crippen molar-refractivity contribution in [2.45, 2.75) is 25.4 Å². The summed E-state index contributed by atoms with van der Waals surface area (Å²) in [5.41, 5.74) is 10.9. The lowest BCUT2D eigenvalue weighted by Gasteiger charge is -2.11. The monoisotopic (exact) mass is 466 g/mol. The van der Waals surface area contributed by atoms with Gasteiger partial charge in [0.2, 0.25) is 11.4 Å². The first-order valence-corrected chi connectivity index (χ1v) is 11.5. The van der Waals surface area contributed by atoms with Gasteiger partial charge in [0.05, 0.1) is 11.4 Å². The van der Waals surface area contributed by atoms with Crippen molar-refractivity contribution in [3.05, 3.63) is 108 Å². The first-order valence-electron chi connectivity index (χ1n) is 11.5. The summed E-state index contributed by atoms with van der Waals surface area (Å²) in [5.74, 6) is -1.37. The molecule has 6 heteroatoms. The van der Waals surface area contributed by atoms with Crippen LogP contribution in [0.3, 0.4) is 0 Å². The van der Waals surface area contributed by atoms with Crippen LogP contribution >= 0.6 is 0 Å². The third-order valence-electron chi connectivity index (χ3n) is 5.79. The topological polar surface area (TPSA) is 96.3 Å². The van der Waals surface area contributed by atoms with Crippen molar-refractivity contribution in [1.29, 1.82) is 0 Å². The molecule has 0 fully saturated rings. The number of hydrogen-bond donors (Lipinski definition) is 3. The van der Waals surface area contributed by atoms with Gasteiger partial charge >= 0.3 is 5.97 Å². The van der Waals surface area contributed by atoms with Crippen LogP contribution in [0.25, 0.3) is 23.1 Å². The Morgan fingerprint density at radius 2 is 1.63 bits per heavy atom. The van der Waals surface area contributed by atoms with Crippen molar-refractivity contribution in [2.75, 3.05) is 5.32 Å². The molecule has 0 saturated heterocycles. The number of anilines is 1. The highest BCUT2D eigenvalue weighted by molar-refractivity contribution is 5.95. The number of para-hydroxylation sites is 1. The Morgan fingerprint density at radius 1 is 0.914 bits per heavy atom. The van der Waals surface area contributed by atoms with Crippen LogP contribution in [0.2, 0.25) is 0 Å². The SMILES string of the molecule is N[C@@H](CCC(=O)O)C(=O)Nc1ccc(C=Cc2cc[n+](Cc3ccccc3)c3ccccc23)cc1. The number of benzene rings is 3. The number of carbonyl (C=O) groups is 2. The van der Waals surface area contributed by atoms with E-state index in [2.05, 4.69) is 70.7 Å². The van der Waals surface area contributed by atoms with Gasteiger partial charge in [-0.2, -0.15) is 4.57 Å². The fraction of sp³-hybridized carbons (Fsp3) is 0.138. The fourth-order valence-corrected chi connectivity index (χ4v) is 3.88. The van der Waals surface area contributed by atoms with E-state index >= 15 is 0 Å². The molecule has 4 rings (SSSR count). The number of hydrogen-bond acceptors (Lipinski definition) is 3. The van der Waals surface area contributed by atoms with E-state index in [4.69, 9.17) is 10.8 Å². The number of fused-ring (bicyclic) bond motifs is 1. The van der Waals surface area contributed by atoms with Crippen LogP contribution in [-0.2, 0) is 16.1 Å². The largest absolute Gasteiger partial charge is 0.481 e. The van der Waals surface area contributed by atoms with Gasteiger partial charge in [-0.3, -0.25) is 9.59 Å². The molecule has 1 atom stereocenters. The second-order valence-electron chi connectivity index (χ2n) is 8.39. The number of carboxylic acids is 1. The average molecular weight is 467 g/mol. The van der Waals surface area contributed by atoms with Gasteiger partial charge in [0, 0.05) is 29.8 Å². The number of nitrogens with zero attached hydrogens (tertiary/aromatic N) is 1. The van der Waals surface area contributed by atoms with Crippen LogP contribution in [-0.4, -0.2) is 23.0 Å². The van der Waals surface area contributed by atoms with Gasteiger partial charge in [-0.25, -0.2) is 0 Å². The minimum atomic E-state index is -0.971. The van der Waals surface area contributed by atoms with Crippen LogP contribution in [0.5, 0.6) is 0 Å². The number of carbonyl (C=O) groups excluding carboxylic acids is 1. The molecule has 0 aliphatic heterocycles. The number of rotatable bonds is 9. The normalized spacial score (nSPS) is 12.0. The van der Waals surface area contributed by atoms with Crippen molar-refractivity contribution in [3.63, 3.8) is 0 Å². The summed E-state index contributed by atoms with van der Waals surface area (Å²) in [5, 5.41) is 12.6. The first-order chi connectivity index (χ1) is 17.0. The Balaban J connectivity index is 1.46. The molecule has 0 aliphatic rings. The van der Waals surface area contributed by atoms with Crippen molar-refractivity contribution >= 4 is 40.6 Å². The van der Waals surface area contributed by atoms with Crippen LogP contribution in [0, 0.1) is 0 Å². The second kappa shape index (κ2) is 11.2. The van der Waals surface area contributed by atoms with Gasteiger partial charge in [-0.15, -0.1) is 0 Å². The summed E-state index contributed by atoms with van der Waals surface area (Å²) in [6.45, 7) is 0.804. The molecule has 3 aromatic carbocycles. The highest BCUT2D eigenvalue weighted by Gasteiger charge is 2.15. The number of carboxylic acid groups (broad SMARTS) is 1. The quantitative estimate of drug-likeness (QED) is 0.317. The molecular formula is C29H28N3O3+. The molecular weight excluding hydrogens is 438 g/mol. The summed E-state index contributed by atoms with van der Waals surface area (Å²) in [6.07, 6.45) is 6.19. The van der Waals surface area contributed by atoms with E-state index in [1.165, 1.54) is 10.9 Å². The van der Waals surface area contributed by atoms with Crippen LogP contribution in [0.4, 0.5) is 5.69 Å². The Labute approximate surface area is 204 Å². The van der Waals surface area contributed by atoms with Crippen LogP contribution in [0.15, 0.2) is 91.1 Å². The number of amides is 1. The van der Waals surface area contributed by atoms with Crippen molar-refractivity contribution in [3.8, 4) is 0 Å². The smallest absolute Gasteiger partial charge is 0.303 e. The molecule has 176 valence electrons. The predicted octanol–water partition coefficient (Wildman–Crippen LogP) is 4.48. The maximum atomic E-state index is 12.1. The van der Waals surface area contributed by atoms with Gasteiger partial charge in [-0.05, 0) is 35.7 Å². The molecule has 0 saturated carbocycles. The van der Waals surface area contributed by atoms with E-state index in [-0.39, 0.29) is 12.8 Å². The van der Waals surface area contributed by atoms with E-state index in [1.54, 1.807) is 12.1 Å². The van der Waals surface area contributed by atoms with E-state index in [1.807, 2.05) is 30.3 Å². The lowest BCUT2D eigenvalue weighted by molar-refractivity contribution is -0.662. The average Bonchev–Trinajstić information content (AvgIpc) is 2.88. The van der Waals surface area contributed by atoms with Gasteiger partial charge in [0.25, 0.3) is 0 Å². The third kappa shape index (κ3) is 6.40. The van der Waals surface area contributed by atoms with Crippen LogP contribution in [0.1, 0.15) is 29.5 Å². The maximum Gasteiger partial charge on any atom is 0.303 e. The molecule has 6 nitrogen and oxygen atoms in total. The molecule has 1 heterocycles. The molecule has 0 bridgehead atoms. The van der Waals surface area contributed by atoms with Gasteiger partial charge in [0.1, 0.15) is 0 Å². The Bertz CT molecular complexity index is 1350. The van der Waals surface area contributed by atoms with E-state index in [0.29, 0.717) is 5.69 Å². The summed E-state index contributed by atoms with van der Waals surface area (Å²) in [6, 6.07) is 27.5.